The summed E-state index contributed by atoms with van der Waals surface area (Å²) < 4.78 is 23.5. The van der Waals surface area contributed by atoms with Crippen LogP contribution in [0.4, 0.5) is 0 Å². The Morgan fingerprint density at radius 1 is 1.40 bits per heavy atom. The van der Waals surface area contributed by atoms with Crippen molar-refractivity contribution < 1.29 is 13.5 Å². The van der Waals surface area contributed by atoms with E-state index in [0.29, 0.717) is 6.54 Å². The number of aromatic hydroxyl groups is 1. The first-order valence-corrected chi connectivity index (χ1v) is 9.18. The maximum atomic E-state index is 11.7. The smallest absolute Gasteiger partial charge is 0.153 e. The van der Waals surface area contributed by atoms with Crippen LogP contribution in [0.1, 0.15) is 38.8 Å². The van der Waals surface area contributed by atoms with Crippen LogP contribution in [-0.4, -0.2) is 31.1 Å². The Hall–Kier alpha value is -0.590. The van der Waals surface area contributed by atoms with E-state index in [1.165, 1.54) is 6.26 Å². The van der Waals surface area contributed by atoms with E-state index < -0.39 is 14.6 Å². The van der Waals surface area contributed by atoms with E-state index in [0.717, 1.165) is 16.5 Å². The number of benzene rings is 1. The van der Waals surface area contributed by atoms with E-state index in [9.17, 15) is 13.5 Å². The van der Waals surface area contributed by atoms with Gasteiger partial charge in [-0.3, -0.25) is 0 Å². The number of phenolic OH excluding ortho intramolecular Hbond substituents is 1. The quantitative estimate of drug-likeness (QED) is 0.814. The van der Waals surface area contributed by atoms with Gasteiger partial charge in [-0.05, 0) is 38.5 Å². The van der Waals surface area contributed by atoms with Gasteiger partial charge in [-0.1, -0.05) is 22.9 Å². The van der Waals surface area contributed by atoms with Crippen molar-refractivity contribution in [1.29, 1.82) is 0 Å². The topological polar surface area (TPSA) is 66.4 Å². The van der Waals surface area contributed by atoms with Crippen molar-refractivity contribution in [2.45, 2.75) is 38.0 Å². The molecule has 0 aromatic heterocycles. The van der Waals surface area contributed by atoms with Gasteiger partial charge in [0, 0.05) is 28.9 Å². The van der Waals surface area contributed by atoms with Crippen molar-refractivity contribution in [2.24, 2.45) is 0 Å². The molecule has 1 unspecified atom stereocenters. The first-order valence-electron chi connectivity index (χ1n) is 6.50. The molecule has 20 heavy (non-hydrogen) atoms. The molecule has 0 spiro atoms. The molecule has 0 aliphatic carbocycles. The van der Waals surface area contributed by atoms with Gasteiger partial charge in [0.2, 0.25) is 0 Å². The number of rotatable bonds is 6. The highest BCUT2D eigenvalue weighted by Gasteiger charge is 2.30. The predicted octanol–water partition coefficient (Wildman–Crippen LogP) is 3.02. The summed E-state index contributed by atoms with van der Waals surface area (Å²) in [5.74, 6) is 0.213. The molecule has 0 aliphatic rings. The Bertz CT molecular complexity index is 570. The molecule has 0 fully saturated rings. The summed E-state index contributed by atoms with van der Waals surface area (Å²) in [5, 5.41) is 13.2. The first-order chi connectivity index (χ1) is 9.08. The van der Waals surface area contributed by atoms with Crippen LogP contribution in [0, 0.1) is 0 Å². The lowest BCUT2D eigenvalue weighted by Crippen LogP contribution is -2.42. The number of hydrogen-bond donors (Lipinski definition) is 2. The van der Waals surface area contributed by atoms with Crippen molar-refractivity contribution >= 4 is 25.8 Å². The molecule has 4 nitrogen and oxygen atoms in total. The molecule has 1 rings (SSSR count). The second kappa shape index (κ2) is 6.45. The third-order valence-electron chi connectivity index (χ3n) is 3.55. The van der Waals surface area contributed by atoms with Gasteiger partial charge in [-0.15, -0.1) is 0 Å². The molecular formula is C14H22BrNO3S. The Balaban J connectivity index is 2.91. The van der Waals surface area contributed by atoms with Crippen LogP contribution >= 0.6 is 15.9 Å². The van der Waals surface area contributed by atoms with E-state index in [-0.39, 0.29) is 11.8 Å². The molecular weight excluding hydrogens is 342 g/mol. The standard InChI is InChI=1S/C14H22BrNO3S/c1-5-12(11-8-10(15)6-7-13(11)17)16-9-14(2,3)20(4,18)19/h6-8,12,16-17H,5,9H2,1-4H3. The van der Waals surface area contributed by atoms with E-state index in [1.807, 2.05) is 13.0 Å². The zero-order valence-corrected chi connectivity index (χ0v) is 14.7. The molecule has 0 amide bonds. The zero-order chi connectivity index (χ0) is 15.6. The SMILES string of the molecule is CCC(NCC(C)(C)S(C)(=O)=O)c1cc(Br)ccc1O. The molecule has 1 aromatic carbocycles. The maximum Gasteiger partial charge on any atom is 0.153 e. The summed E-state index contributed by atoms with van der Waals surface area (Å²) in [4.78, 5) is 0. The van der Waals surface area contributed by atoms with E-state index in [1.54, 1.807) is 26.0 Å². The van der Waals surface area contributed by atoms with Gasteiger partial charge in [0.15, 0.2) is 9.84 Å². The highest BCUT2D eigenvalue weighted by molar-refractivity contribution is 9.10. The normalized spacial score (nSPS) is 14.2. The fraction of sp³-hybridized carbons (Fsp3) is 0.571. The van der Waals surface area contributed by atoms with Crippen LogP contribution < -0.4 is 5.32 Å². The van der Waals surface area contributed by atoms with Crippen molar-refractivity contribution in [2.75, 3.05) is 12.8 Å². The van der Waals surface area contributed by atoms with Gasteiger partial charge in [-0.25, -0.2) is 8.42 Å². The highest BCUT2D eigenvalue weighted by atomic mass is 79.9. The lowest BCUT2D eigenvalue weighted by atomic mass is 10.0. The summed E-state index contributed by atoms with van der Waals surface area (Å²) in [6.45, 7) is 5.72. The zero-order valence-electron chi connectivity index (χ0n) is 12.3. The van der Waals surface area contributed by atoms with Crippen molar-refractivity contribution in [3.63, 3.8) is 0 Å². The predicted molar refractivity (Wildman–Crippen MR) is 85.8 cm³/mol. The highest BCUT2D eigenvalue weighted by Crippen LogP contribution is 2.30. The molecule has 0 heterocycles. The summed E-state index contributed by atoms with van der Waals surface area (Å²) >= 11 is 3.38. The van der Waals surface area contributed by atoms with Crippen molar-refractivity contribution in [3.05, 3.63) is 28.2 Å². The monoisotopic (exact) mass is 363 g/mol. The fourth-order valence-corrected chi connectivity index (χ4v) is 2.50. The van der Waals surface area contributed by atoms with Crippen molar-refractivity contribution in [1.82, 2.24) is 5.32 Å². The van der Waals surface area contributed by atoms with Crippen LogP contribution in [0.3, 0.4) is 0 Å². The molecule has 114 valence electrons. The summed E-state index contributed by atoms with van der Waals surface area (Å²) in [7, 11) is -3.14. The van der Waals surface area contributed by atoms with Crippen LogP contribution in [0.25, 0.3) is 0 Å². The van der Waals surface area contributed by atoms with E-state index in [4.69, 9.17) is 0 Å². The molecule has 0 saturated heterocycles. The molecule has 6 heteroatoms. The van der Waals surface area contributed by atoms with Gasteiger partial charge >= 0.3 is 0 Å². The summed E-state index contributed by atoms with van der Waals surface area (Å²) in [6, 6.07) is 5.16. The van der Waals surface area contributed by atoms with Crippen LogP contribution in [0.15, 0.2) is 22.7 Å². The van der Waals surface area contributed by atoms with Gasteiger partial charge in [0.25, 0.3) is 0 Å². The van der Waals surface area contributed by atoms with Crippen molar-refractivity contribution in [3.8, 4) is 5.75 Å². The molecule has 0 bridgehead atoms. The van der Waals surface area contributed by atoms with Crippen LogP contribution in [0.5, 0.6) is 5.75 Å². The maximum absolute atomic E-state index is 11.7. The third-order valence-corrected chi connectivity index (χ3v) is 6.20. The number of nitrogens with one attached hydrogen (secondary N) is 1. The molecule has 1 aromatic rings. The first kappa shape index (κ1) is 17.5. The van der Waals surface area contributed by atoms with E-state index >= 15 is 0 Å². The average Bonchev–Trinajstić information content (AvgIpc) is 2.32. The fourth-order valence-electron chi connectivity index (χ4n) is 1.78. The van der Waals surface area contributed by atoms with Crippen LogP contribution in [-0.2, 0) is 9.84 Å². The summed E-state index contributed by atoms with van der Waals surface area (Å²) in [6.07, 6.45) is 2.00. The van der Waals surface area contributed by atoms with Crippen LogP contribution in [0.2, 0.25) is 0 Å². The van der Waals surface area contributed by atoms with Gasteiger partial charge in [0.1, 0.15) is 5.75 Å². The Kier molecular flexibility index (Phi) is 5.63. The second-order valence-electron chi connectivity index (χ2n) is 5.58. The number of sulfone groups is 1. The number of hydrogen-bond acceptors (Lipinski definition) is 4. The minimum atomic E-state index is -3.14. The number of phenols is 1. The van der Waals surface area contributed by atoms with E-state index in [2.05, 4.69) is 21.2 Å². The van der Waals surface area contributed by atoms with Gasteiger partial charge < -0.3 is 10.4 Å². The minimum Gasteiger partial charge on any atom is -0.508 e. The van der Waals surface area contributed by atoms with Gasteiger partial charge in [0.05, 0.1) is 4.75 Å². The second-order valence-corrected chi connectivity index (χ2v) is 9.14. The molecule has 2 N–H and O–H groups in total. The molecule has 0 saturated carbocycles. The average molecular weight is 364 g/mol. The Morgan fingerprint density at radius 2 is 2.00 bits per heavy atom. The summed E-state index contributed by atoms with van der Waals surface area (Å²) in [5.41, 5.74) is 0.770. The third kappa shape index (κ3) is 4.20. The lowest BCUT2D eigenvalue weighted by molar-refractivity contribution is 0.428. The molecule has 0 aliphatic heterocycles. The molecule has 1 atom stereocenters. The largest absolute Gasteiger partial charge is 0.508 e. The minimum absolute atomic E-state index is 0.0893. The Morgan fingerprint density at radius 3 is 2.50 bits per heavy atom. The molecule has 0 radical (unpaired) electrons. The Labute approximate surface area is 129 Å². The van der Waals surface area contributed by atoms with Gasteiger partial charge in [-0.2, -0.15) is 0 Å². The lowest BCUT2D eigenvalue weighted by Gasteiger charge is -2.27. The number of halogens is 1.